The van der Waals surface area contributed by atoms with Gasteiger partial charge in [0.05, 0.1) is 5.69 Å². The SMILES string of the molecule is C1=Nc2ccc(OCc3ccccc3)cc2C1. The molecule has 0 bridgehead atoms. The molecule has 3 rings (SSSR count). The lowest BCUT2D eigenvalue weighted by molar-refractivity contribution is 0.306. The van der Waals surface area contributed by atoms with Crippen molar-refractivity contribution in [3.8, 4) is 5.75 Å². The molecule has 1 heterocycles. The predicted octanol–water partition coefficient (Wildman–Crippen LogP) is 3.52. The van der Waals surface area contributed by atoms with Crippen molar-refractivity contribution in [3.63, 3.8) is 0 Å². The van der Waals surface area contributed by atoms with Crippen LogP contribution in [-0.4, -0.2) is 6.21 Å². The molecule has 2 nitrogen and oxygen atoms in total. The van der Waals surface area contributed by atoms with Gasteiger partial charge in [0.2, 0.25) is 0 Å². The standard InChI is InChI=1S/C15H13NO/c1-2-4-12(5-3-1)11-17-14-6-7-15-13(10-14)8-9-16-15/h1-7,9-10H,8,11H2. The summed E-state index contributed by atoms with van der Waals surface area (Å²) in [7, 11) is 0. The van der Waals surface area contributed by atoms with Gasteiger partial charge >= 0.3 is 0 Å². The molecule has 0 atom stereocenters. The van der Waals surface area contributed by atoms with Crippen LogP contribution in [0.2, 0.25) is 0 Å². The first kappa shape index (κ1) is 10.1. The molecule has 0 saturated carbocycles. The van der Waals surface area contributed by atoms with Gasteiger partial charge in [-0.3, -0.25) is 4.99 Å². The first-order valence-electron chi connectivity index (χ1n) is 5.74. The average molecular weight is 223 g/mol. The molecule has 0 amide bonds. The number of aliphatic imine (C=N–C) groups is 1. The second-order valence-corrected chi connectivity index (χ2v) is 4.08. The summed E-state index contributed by atoms with van der Waals surface area (Å²) in [5.74, 6) is 0.915. The Labute approximate surface area is 101 Å². The van der Waals surface area contributed by atoms with Crippen molar-refractivity contribution in [3.05, 3.63) is 59.7 Å². The number of rotatable bonds is 3. The van der Waals surface area contributed by atoms with E-state index in [0.717, 1.165) is 17.9 Å². The van der Waals surface area contributed by atoms with Gasteiger partial charge in [0, 0.05) is 12.6 Å². The molecule has 84 valence electrons. The molecular weight excluding hydrogens is 210 g/mol. The van der Waals surface area contributed by atoms with Gasteiger partial charge in [0.25, 0.3) is 0 Å². The van der Waals surface area contributed by atoms with E-state index in [9.17, 15) is 0 Å². The van der Waals surface area contributed by atoms with Gasteiger partial charge < -0.3 is 4.74 Å². The lowest BCUT2D eigenvalue weighted by Gasteiger charge is -2.07. The van der Waals surface area contributed by atoms with E-state index >= 15 is 0 Å². The maximum absolute atomic E-state index is 5.76. The molecule has 0 saturated heterocycles. The van der Waals surface area contributed by atoms with Crippen molar-refractivity contribution in [2.75, 3.05) is 0 Å². The lowest BCUT2D eigenvalue weighted by atomic mass is 10.1. The van der Waals surface area contributed by atoms with Crippen LogP contribution in [0.25, 0.3) is 0 Å². The van der Waals surface area contributed by atoms with Crippen LogP contribution in [0.15, 0.2) is 53.5 Å². The largest absolute Gasteiger partial charge is 0.489 e. The molecule has 2 heteroatoms. The van der Waals surface area contributed by atoms with E-state index in [-0.39, 0.29) is 0 Å². The third-order valence-electron chi connectivity index (χ3n) is 2.84. The summed E-state index contributed by atoms with van der Waals surface area (Å²) in [6.45, 7) is 0.612. The van der Waals surface area contributed by atoms with Crippen LogP contribution in [0, 0.1) is 0 Å². The monoisotopic (exact) mass is 223 g/mol. The quantitative estimate of drug-likeness (QED) is 0.780. The number of hydrogen-bond donors (Lipinski definition) is 0. The average Bonchev–Trinajstić information content (AvgIpc) is 2.85. The highest BCUT2D eigenvalue weighted by atomic mass is 16.5. The highest BCUT2D eigenvalue weighted by Gasteiger charge is 2.07. The van der Waals surface area contributed by atoms with E-state index in [4.69, 9.17) is 4.74 Å². The van der Waals surface area contributed by atoms with Crippen molar-refractivity contribution in [2.45, 2.75) is 13.0 Å². The molecular formula is C15H13NO. The van der Waals surface area contributed by atoms with Crippen molar-refractivity contribution >= 4 is 11.9 Å². The fraction of sp³-hybridized carbons (Fsp3) is 0.133. The normalized spacial score (nSPS) is 12.5. The number of benzene rings is 2. The molecule has 1 aliphatic heterocycles. The fourth-order valence-electron chi connectivity index (χ4n) is 1.92. The first-order chi connectivity index (χ1) is 8.42. The van der Waals surface area contributed by atoms with Gasteiger partial charge in [0.1, 0.15) is 12.4 Å². The maximum atomic E-state index is 5.76. The first-order valence-corrected chi connectivity index (χ1v) is 5.74. The molecule has 0 radical (unpaired) electrons. The van der Waals surface area contributed by atoms with E-state index in [1.54, 1.807) is 0 Å². The number of hydrogen-bond acceptors (Lipinski definition) is 2. The molecule has 1 aliphatic rings. The fourth-order valence-corrected chi connectivity index (χ4v) is 1.92. The lowest BCUT2D eigenvalue weighted by Crippen LogP contribution is -1.95. The van der Waals surface area contributed by atoms with Gasteiger partial charge in [-0.25, -0.2) is 0 Å². The summed E-state index contributed by atoms with van der Waals surface area (Å²) in [6.07, 6.45) is 2.85. The summed E-state index contributed by atoms with van der Waals surface area (Å²) >= 11 is 0. The van der Waals surface area contributed by atoms with Crippen LogP contribution in [0.4, 0.5) is 5.69 Å². The molecule has 0 unspecified atom stereocenters. The Kier molecular flexibility index (Phi) is 2.62. The highest BCUT2D eigenvalue weighted by Crippen LogP contribution is 2.28. The zero-order chi connectivity index (χ0) is 11.5. The summed E-state index contributed by atoms with van der Waals surface area (Å²) in [5, 5.41) is 0. The summed E-state index contributed by atoms with van der Waals surface area (Å²) in [5.41, 5.74) is 3.50. The molecule has 17 heavy (non-hydrogen) atoms. The van der Waals surface area contributed by atoms with Crippen LogP contribution >= 0.6 is 0 Å². The topological polar surface area (TPSA) is 21.6 Å². The van der Waals surface area contributed by atoms with Crippen molar-refractivity contribution in [1.29, 1.82) is 0 Å². The molecule has 0 N–H and O–H groups in total. The van der Waals surface area contributed by atoms with Crippen molar-refractivity contribution in [1.82, 2.24) is 0 Å². The third-order valence-corrected chi connectivity index (χ3v) is 2.84. The molecule has 2 aromatic rings. The predicted molar refractivity (Wildman–Crippen MR) is 69.1 cm³/mol. The van der Waals surface area contributed by atoms with Gasteiger partial charge in [-0.2, -0.15) is 0 Å². The van der Waals surface area contributed by atoms with E-state index < -0.39 is 0 Å². The van der Waals surface area contributed by atoms with Crippen molar-refractivity contribution < 1.29 is 4.74 Å². The van der Waals surface area contributed by atoms with Gasteiger partial charge in [-0.1, -0.05) is 30.3 Å². The summed E-state index contributed by atoms with van der Waals surface area (Å²) in [6, 6.07) is 16.3. The van der Waals surface area contributed by atoms with Crippen LogP contribution < -0.4 is 4.74 Å². The Morgan fingerprint density at radius 3 is 2.82 bits per heavy atom. The molecule has 2 aromatic carbocycles. The van der Waals surface area contributed by atoms with E-state index in [0.29, 0.717) is 6.61 Å². The van der Waals surface area contributed by atoms with Crippen LogP contribution in [0.1, 0.15) is 11.1 Å². The van der Waals surface area contributed by atoms with E-state index in [1.165, 1.54) is 11.1 Å². The number of fused-ring (bicyclic) bond motifs is 1. The van der Waals surface area contributed by atoms with Gasteiger partial charge in [-0.05, 0) is 29.3 Å². The van der Waals surface area contributed by atoms with E-state index in [2.05, 4.69) is 23.2 Å². The van der Waals surface area contributed by atoms with Gasteiger partial charge in [-0.15, -0.1) is 0 Å². The van der Waals surface area contributed by atoms with E-state index in [1.807, 2.05) is 36.5 Å². The van der Waals surface area contributed by atoms with Crippen LogP contribution in [0.3, 0.4) is 0 Å². The minimum absolute atomic E-state index is 0.612. The Bertz CT molecular complexity index is 546. The Morgan fingerprint density at radius 2 is 1.94 bits per heavy atom. The Hall–Kier alpha value is -2.09. The maximum Gasteiger partial charge on any atom is 0.120 e. The zero-order valence-corrected chi connectivity index (χ0v) is 9.47. The van der Waals surface area contributed by atoms with Crippen LogP contribution in [-0.2, 0) is 13.0 Å². The Balaban J connectivity index is 1.70. The minimum Gasteiger partial charge on any atom is -0.489 e. The molecule has 0 fully saturated rings. The Morgan fingerprint density at radius 1 is 1.06 bits per heavy atom. The van der Waals surface area contributed by atoms with Crippen LogP contribution in [0.5, 0.6) is 5.75 Å². The minimum atomic E-state index is 0.612. The molecule has 0 spiro atoms. The summed E-state index contributed by atoms with van der Waals surface area (Å²) < 4.78 is 5.76. The third kappa shape index (κ3) is 2.21. The molecule has 0 aliphatic carbocycles. The molecule has 0 aromatic heterocycles. The highest BCUT2D eigenvalue weighted by molar-refractivity contribution is 5.76. The second kappa shape index (κ2) is 4.42. The second-order valence-electron chi connectivity index (χ2n) is 4.08. The smallest absolute Gasteiger partial charge is 0.120 e. The number of nitrogens with zero attached hydrogens (tertiary/aromatic N) is 1. The summed E-state index contributed by atoms with van der Waals surface area (Å²) in [4.78, 5) is 4.28. The zero-order valence-electron chi connectivity index (χ0n) is 9.47. The van der Waals surface area contributed by atoms with Crippen molar-refractivity contribution in [2.24, 2.45) is 4.99 Å². The number of ether oxygens (including phenoxy) is 1. The van der Waals surface area contributed by atoms with Gasteiger partial charge in [0.15, 0.2) is 0 Å².